The van der Waals surface area contributed by atoms with Crippen molar-refractivity contribution in [1.29, 1.82) is 0 Å². The summed E-state index contributed by atoms with van der Waals surface area (Å²) in [6.45, 7) is 3.16. The molecule has 2 heteroatoms. The molecule has 0 bridgehead atoms. The Morgan fingerprint density at radius 2 is 2.40 bits per heavy atom. The van der Waals surface area contributed by atoms with E-state index in [0.717, 1.165) is 25.8 Å². The molecule has 0 saturated carbocycles. The summed E-state index contributed by atoms with van der Waals surface area (Å²) in [5, 5.41) is 9.58. The monoisotopic (exact) mass is 205 g/mol. The average Bonchev–Trinajstić information content (AvgIpc) is 2.38. The van der Waals surface area contributed by atoms with E-state index >= 15 is 0 Å². The minimum absolute atomic E-state index is 0.260. The van der Waals surface area contributed by atoms with Gasteiger partial charge in [0.05, 0.1) is 6.10 Å². The zero-order valence-corrected chi connectivity index (χ0v) is 9.53. The van der Waals surface area contributed by atoms with Crippen molar-refractivity contribution in [2.75, 3.05) is 13.6 Å². The standard InChI is InChI=1S/C13H19NO/c1-3-4-13-12-8-7-11(15)6-5-10(12)9-14(13)2/h4-6,11,15H,3,7-9H2,1-2H3/b13-4-. The predicted octanol–water partition coefficient (Wildman–Crippen LogP) is 2.23. The summed E-state index contributed by atoms with van der Waals surface area (Å²) in [4.78, 5) is 2.30. The van der Waals surface area contributed by atoms with Crippen LogP contribution in [0.15, 0.2) is 35.1 Å². The van der Waals surface area contributed by atoms with Crippen LogP contribution >= 0.6 is 0 Å². The normalized spacial score (nSPS) is 28.6. The molecule has 0 radical (unpaired) electrons. The molecule has 0 aromatic heterocycles. The van der Waals surface area contributed by atoms with Crippen LogP contribution in [0.4, 0.5) is 0 Å². The topological polar surface area (TPSA) is 23.5 Å². The van der Waals surface area contributed by atoms with Crippen LogP contribution in [0.3, 0.4) is 0 Å². The molecule has 1 heterocycles. The summed E-state index contributed by atoms with van der Waals surface area (Å²) in [5.74, 6) is 0. The molecule has 1 N–H and O–H groups in total. The smallest absolute Gasteiger partial charge is 0.0727 e. The molecule has 0 spiro atoms. The summed E-state index contributed by atoms with van der Waals surface area (Å²) in [5.41, 5.74) is 4.19. The Kier molecular flexibility index (Phi) is 2.96. The lowest BCUT2D eigenvalue weighted by Crippen LogP contribution is -2.14. The highest BCUT2D eigenvalue weighted by molar-refractivity contribution is 5.46. The van der Waals surface area contributed by atoms with Gasteiger partial charge in [0, 0.05) is 19.3 Å². The molecule has 2 aliphatic rings. The van der Waals surface area contributed by atoms with E-state index in [1.807, 2.05) is 6.08 Å². The molecule has 0 fully saturated rings. The number of aliphatic hydroxyl groups excluding tert-OH is 1. The minimum atomic E-state index is -0.260. The van der Waals surface area contributed by atoms with Crippen molar-refractivity contribution in [3.8, 4) is 0 Å². The van der Waals surface area contributed by atoms with Crippen LogP contribution in [0.5, 0.6) is 0 Å². The third-order valence-corrected chi connectivity index (χ3v) is 3.12. The maximum Gasteiger partial charge on any atom is 0.0727 e. The molecule has 15 heavy (non-hydrogen) atoms. The molecule has 1 aliphatic heterocycles. The van der Waals surface area contributed by atoms with Gasteiger partial charge in [0.25, 0.3) is 0 Å². The first-order chi connectivity index (χ1) is 7.22. The molecular formula is C13H19NO. The maximum atomic E-state index is 9.58. The van der Waals surface area contributed by atoms with Gasteiger partial charge in [0.15, 0.2) is 0 Å². The van der Waals surface area contributed by atoms with Crippen molar-refractivity contribution >= 4 is 0 Å². The van der Waals surface area contributed by atoms with Crippen molar-refractivity contribution in [3.63, 3.8) is 0 Å². The SMILES string of the molecule is CC/C=C1/C2=C(C=CC(O)CC2)CN1C. The van der Waals surface area contributed by atoms with Crippen LogP contribution in [0.2, 0.25) is 0 Å². The maximum absolute atomic E-state index is 9.58. The van der Waals surface area contributed by atoms with Gasteiger partial charge in [0.1, 0.15) is 0 Å². The quantitative estimate of drug-likeness (QED) is 0.709. The lowest BCUT2D eigenvalue weighted by Gasteiger charge is -2.16. The molecule has 1 atom stereocenters. The van der Waals surface area contributed by atoms with Crippen molar-refractivity contribution in [2.45, 2.75) is 32.3 Å². The lowest BCUT2D eigenvalue weighted by atomic mass is 10.0. The number of hydrogen-bond donors (Lipinski definition) is 1. The number of likely N-dealkylation sites (N-methyl/N-ethyl adjacent to an activating group) is 1. The second-order valence-corrected chi connectivity index (χ2v) is 4.32. The summed E-state index contributed by atoms with van der Waals surface area (Å²) in [6.07, 6.45) is 8.97. The van der Waals surface area contributed by atoms with Gasteiger partial charge in [0.2, 0.25) is 0 Å². The fourth-order valence-corrected chi connectivity index (χ4v) is 2.36. The average molecular weight is 205 g/mol. The molecule has 1 unspecified atom stereocenters. The molecule has 2 rings (SSSR count). The second kappa shape index (κ2) is 4.23. The number of hydrogen-bond acceptors (Lipinski definition) is 2. The van der Waals surface area contributed by atoms with Crippen LogP contribution < -0.4 is 0 Å². The van der Waals surface area contributed by atoms with Gasteiger partial charge in [-0.3, -0.25) is 0 Å². The number of rotatable bonds is 1. The Morgan fingerprint density at radius 1 is 1.60 bits per heavy atom. The highest BCUT2D eigenvalue weighted by Gasteiger charge is 2.24. The van der Waals surface area contributed by atoms with Gasteiger partial charge < -0.3 is 10.0 Å². The van der Waals surface area contributed by atoms with E-state index in [1.54, 1.807) is 0 Å². The Labute approximate surface area is 91.6 Å². The van der Waals surface area contributed by atoms with Crippen molar-refractivity contribution in [1.82, 2.24) is 4.90 Å². The molecule has 1 aliphatic carbocycles. The van der Waals surface area contributed by atoms with Gasteiger partial charge in [-0.05, 0) is 30.4 Å². The summed E-state index contributed by atoms with van der Waals surface area (Å²) in [7, 11) is 2.14. The van der Waals surface area contributed by atoms with E-state index in [4.69, 9.17) is 0 Å². The summed E-state index contributed by atoms with van der Waals surface area (Å²) in [6, 6.07) is 0. The van der Waals surface area contributed by atoms with E-state index in [0.29, 0.717) is 0 Å². The van der Waals surface area contributed by atoms with Gasteiger partial charge in [-0.25, -0.2) is 0 Å². The molecule has 0 saturated heterocycles. The lowest BCUT2D eigenvalue weighted by molar-refractivity contribution is 0.213. The van der Waals surface area contributed by atoms with Crippen LogP contribution in [-0.4, -0.2) is 29.7 Å². The van der Waals surface area contributed by atoms with Gasteiger partial charge in [-0.15, -0.1) is 0 Å². The third-order valence-electron chi connectivity index (χ3n) is 3.12. The first-order valence-electron chi connectivity index (χ1n) is 5.72. The highest BCUT2D eigenvalue weighted by atomic mass is 16.3. The van der Waals surface area contributed by atoms with Gasteiger partial charge in [-0.1, -0.05) is 25.2 Å². The zero-order chi connectivity index (χ0) is 10.8. The molecule has 82 valence electrons. The zero-order valence-electron chi connectivity index (χ0n) is 9.53. The van der Waals surface area contributed by atoms with Crippen molar-refractivity contribution in [3.05, 3.63) is 35.1 Å². The Hall–Kier alpha value is -1.02. The van der Waals surface area contributed by atoms with Crippen LogP contribution in [-0.2, 0) is 0 Å². The number of allylic oxidation sites excluding steroid dienone is 2. The van der Waals surface area contributed by atoms with Crippen LogP contribution in [0.1, 0.15) is 26.2 Å². The first-order valence-corrected chi connectivity index (χ1v) is 5.72. The molecule has 0 aromatic carbocycles. The molecular weight excluding hydrogens is 186 g/mol. The van der Waals surface area contributed by atoms with Gasteiger partial charge >= 0.3 is 0 Å². The fourth-order valence-electron chi connectivity index (χ4n) is 2.36. The Bertz CT molecular complexity index is 338. The Balaban J connectivity index is 2.29. The fraction of sp³-hybridized carbons (Fsp3) is 0.538. The molecule has 2 nitrogen and oxygen atoms in total. The number of aliphatic hydroxyl groups is 1. The van der Waals surface area contributed by atoms with Crippen molar-refractivity contribution < 1.29 is 5.11 Å². The predicted molar refractivity (Wildman–Crippen MR) is 62.4 cm³/mol. The van der Waals surface area contributed by atoms with E-state index in [2.05, 4.69) is 31.0 Å². The van der Waals surface area contributed by atoms with Crippen LogP contribution in [0.25, 0.3) is 0 Å². The Morgan fingerprint density at radius 3 is 3.13 bits per heavy atom. The van der Waals surface area contributed by atoms with E-state index < -0.39 is 0 Å². The minimum Gasteiger partial charge on any atom is -0.389 e. The van der Waals surface area contributed by atoms with Crippen molar-refractivity contribution in [2.24, 2.45) is 0 Å². The third kappa shape index (κ3) is 2.00. The van der Waals surface area contributed by atoms with Crippen LogP contribution in [0, 0.1) is 0 Å². The molecule has 0 aromatic rings. The summed E-state index contributed by atoms with van der Waals surface area (Å²) < 4.78 is 0. The van der Waals surface area contributed by atoms with E-state index in [9.17, 15) is 5.11 Å². The number of nitrogens with zero attached hydrogens (tertiary/aromatic N) is 1. The first kappa shape index (κ1) is 10.5. The second-order valence-electron chi connectivity index (χ2n) is 4.32. The summed E-state index contributed by atoms with van der Waals surface area (Å²) >= 11 is 0. The highest BCUT2D eigenvalue weighted by Crippen LogP contribution is 2.33. The van der Waals surface area contributed by atoms with E-state index in [-0.39, 0.29) is 6.10 Å². The molecule has 0 amide bonds. The van der Waals surface area contributed by atoms with E-state index in [1.165, 1.54) is 16.8 Å². The van der Waals surface area contributed by atoms with Gasteiger partial charge in [-0.2, -0.15) is 0 Å². The largest absolute Gasteiger partial charge is 0.389 e.